The van der Waals surface area contributed by atoms with Crippen molar-refractivity contribution in [1.82, 2.24) is 5.32 Å². The molecule has 0 aliphatic heterocycles. The lowest BCUT2D eigenvalue weighted by molar-refractivity contribution is 0.688. The molecular formula is C12H16ClN3. The number of halogens is 1. The number of benzene rings is 1. The summed E-state index contributed by atoms with van der Waals surface area (Å²) in [7, 11) is 0. The lowest BCUT2D eigenvalue weighted by Gasteiger charge is -2.08. The van der Waals surface area contributed by atoms with Crippen LogP contribution in [-0.2, 0) is 0 Å². The van der Waals surface area contributed by atoms with E-state index in [2.05, 4.69) is 23.6 Å². The van der Waals surface area contributed by atoms with Crippen LogP contribution in [0.2, 0.25) is 5.02 Å². The van der Waals surface area contributed by atoms with Crippen LogP contribution >= 0.6 is 11.6 Å². The zero-order chi connectivity index (χ0) is 11.8. The van der Waals surface area contributed by atoms with Gasteiger partial charge in [0, 0.05) is 11.6 Å². The highest BCUT2D eigenvalue weighted by molar-refractivity contribution is 6.30. The van der Waals surface area contributed by atoms with Gasteiger partial charge in [-0.15, -0.1) is 0 Å². The van der Waals surface area contributed by atoms with Crippen LogP contribution in [0.15, 0.2) is 18.2 Å². The molecule has 4 heteroatoms. The first-order chi connectivity index (χ1) is 7.77. The van der Waals surface area contributed by atoms with Crippen molar-refractivity contribution in [1.29, 1.82) is 5.26 Å². The Bertz CT molecular complexity index is 371. The van der Waals surface area contributed by atoms with Crippen molar-refractivity contribution in [2.24, 2.45) is 0 Å². The maximum atomic E-state index is 8.90. The minimum Gasteiger partial charge on any atom is -0.384 e. The summed E-state index contributed by atoms with van der Waals surface area (Å²) < 4.78 is 0. The molecule has 0 heterocycles. The maximum absolute atomic E-state index is 8.90. The standard InChI is InChI=1S/C12H16ClN3/c1-2-15-6-3-7-16-12-8-11(13)5-4-10(12)9-14/h4-5,8,15-16H,2-3,6-7H2,1H3. The van der Waals surface area contributed by atoms with E-state index in [1.54, 1.807) is 18.2 Å². The van der Waals surface area contributed by atoms with Crippen molar-refractivity contribution < 1.29 is 0 Å². The van der Waals surface area contributed by atoms with Gasteiger partial charge in [-0.25, -0.2) is 0 Å². The van der Waals surface area contributed by atoms with Gasteiger partial charge in [0.2, 0.25) is 0 Å². The number of hydrogen-bond acceptors (Lipinski definition) is 3. The Morgan fingerprint density at radius 2 is 2.19 bits per heavy atom. The molecule has 0 radical (unpaired) electrons. The molecule has 86 valence electrons. The summed E-state index contributed by atoms with van der Waals surface area (Å²) in [6.45, 7) is 4.88. The second kappa shape index (κ2) is 7.10. The average Bonchev–Trinajstić information content (AvgIpc) is 2.29. The topological polar surface area (TPSA) is 47.8 Å². The van der Waals surface area contributed by atoms with Crippen LogP contribution in [0.5, 0.6) is 0 Å². The van der Waals surface area contributed by atoms with Crippen molar-refractivity contribution in [3.8, 4) is 6.07 Å². The summed E-state index contributed by atoms with van der Waals surface area (Å²) in [5.74, 6) is 0. The minimum atomic E-state index is 0.632. The van der Waals surface area contributed by atoms with Crippen LogP contribution in [0.3, 0.4) is 0 Å². The zero-order valence-electron chi connectivity index (χ0n) is 9.39. The fraction of sp³-hybridized carbons (Fsp3) is 0.417. The van der Waals surface area contributed by atoms with Gasteiger partial charge in [0.1, 0.15) is 6.07 Å². The molecule has 0 saturated carbocycles. The molecule has 3 nitrogen and oxygen atoms in total. The fourth-order valence-corrected chi connectivity index (χ4v) is 1.55. The van der Waals surface area contributed by atoms with E-state index in [0.717, 1.165) is 31.7 Å². The number of nitrogens with zero attached hydrogens (tertiary/aromatic N) is 1. The third-order valence-corrected chi connectivity index (χ3v) is 2.43. The van der Waals surface area contributed by atoms with Gasteiger partial charge in [-0.3, -0.25) is 0 Å². The minimum absolute atomic E-state index is 0.632. The first-order valence-electron chi connectivity index (χ1n) is 5.42. The van der Waals surface area contributed by atoms with E-state index < -0.39 is 0 Å². The van der Waals surface area contributed by atoms with Gasteiger partial charge >= 0.3 is 0 Å². The van der Waals surface area contributed by atoms with Gasteiger partial charge in [0.25, 0.3) is 0 Å². The molecule has 2 N–H and O–H groups in total. The summed E-state index contributed by atoms with van der Waals surface area (Å²) in [4.78, 5) is 0. The summed E-state index contributed by atoms with van der Waals surface area (Å²) in [5.41, 5.74) is 1.44. The molecule has 16 heavy (non-hydrogen) atoms. The predicted molar refractivity (Wildman–Crippen MR) is 67.8 cm³/mol. The van der Waals surface area contributed by atoms with Gasteiger partial charge < -0.3 is 10.6 Å². The Balaban J connectivity index is 2.46. The number of anilines is 1. The lowest BCUT2D eigenvalue weighted by Crippen LogP contribution is -2.17. The monoisotopic (exact) mass is 237 g/mol. The second-order valence-corrected chi connectivity index (χ2v) is 3.87. The summed E-state index contributed by atoms with van der Waals surface area (Å²) >= 11 is 5.87. The van der Waals surface area contributed by atoms with Crippen molar-refractivity contribution in [3.05, 3.63) is 28.8 Å². The molecule has 0 fully saturated rings. The average molecular weight is 238 g/mol. The van der Waals surface area contributed by atoms with E-state index in [-0.39, 0.29) is 0 Å². The fourth-order valence-electron chi connectivity index (χ4n) is 1.37. The largest absolute Gasteiger partial charge is 0.384 e. The third kappa shape index (κ3) is 4.09. The Morgan fingerprint density at radius 1 is 1.38 bits per heavy atom. The van der Waals surface area contributed by atoms with Crippen molar-refractivity contribution in [2.45, 2.75) is 13.3 Å². The molecule has 1 aromatic carbocycles. The molecule has 0 spiro atoms. The number of hydrogen-bond donors (Lipinski definition) is 2. The van der Waals surface area contributed by atoms with E-state index in [9.17, 15) is 0 Å². The third-order valence-electron chi connectivity index (χ3n) is 2.20. The molecule has 0 aliphatic rings. The molecule has 0 aliphatic carbocycles. The number of nitrogens with one attached hydrogen (secondary N) is 2. The van der Waals surface area contributed by atoms with Crippen molar-refractivity contribution in [2.75, 3.05) is 25.0 Å². The van der Waals surface area contributed by atoms with Crippen LogP contribution < -0.4 is 10.6 Å². The van der Waals surface area contributed by atoms with Gasteiger partial charge in [-0.05, 0) is 37.7 Å². The molecule has 1 aromatic rings. The lowest BCUT2D eigenvalue weighted by atomic mass is 10.2. The maximum Gasteiger partial charge on any atom is 0.101 e. The zero-order valence-corrected chi connectivity index (χ0v) is 10.1. The van der Waals surface area contributed by atoms with Gasteiger partial charge in [-0.2, -0.15) is 5.26 Å². The Hall–Kier alpha value is -1.24. The van der Waals surface area contributed by atoms with Crippen molar-refractivity contribution in [3.63, 3.8) is 0 Å². The van der Waals surface area contributed by atoms with Crippen LogP contribution in [0.25, 0.3) is 0 Å². The SMILES string of the molecule is CCNCCCNc1cc(Cl)ccc1C#N. The molecular weight excluding hydrogens is 222 g/mol. The van der Waals surface area contributed by atoms with E-state index in [0.29, 0.717) is 10.6 Å². The Labute approximate surface area is 101 Å². The van der Waals surface area contributed by atoms with E-state index in [4.69, 9.17) is 16.9 Å². The molecule has 0 aromatic heterocycles. The highest BCUT2D eigenvalue weighted by Crippen LogP contribution is 2.20. The molecule has 0 atom stereocenters. The van der Waals surface area contributed by atoms with Crippen LogP contribution in [0.1, 0.15) is 18.9 Å². The highest BCUT2D eigenvalue weighted by Gasteiger charge is 2.01. The molecule has 0 saturated heterocycles. The number of rotatable bonds is 6. The molecule has 0 bridgehead atoms. The normalized spacial score (nSPS) is 9.81. The second-order valence-electron chi connectivity index (χ2n) is 3.44. The Morgan fingerprint density at radius 3 is 2.88 bits per heavy atom. The van der Waals surface area contributed by atoms with E-state index in [1.165, 1.54) is 0 Å². The van der Waals surface area contributed by atoms with Gasteiger partial charge in [0.15, 0.2) is 0 Å². The first kappa shape index (κ1) is 12.8. The quantitative estimate of drug-likeness (QED) is 0.748. The molecule has 1 rings (SSSR count). The number of nitriles is 1. The smallest absolute Gasteiger partial charge is 0.101 e. The highest BCUT2D eigenvalue weighted by atomic mass is 35.5. The van der Waals surface area contributed by atoms with Crippen molar-refractivity contribution >= 4 is 17.3 Å². The van der Waals surface area contributed by atoms with Gasteiger partial charge in [0.05, 0.1) is 11.3 Å². The van der Waals surface area contributed by atoms with Crippen LogP contribution in [0.4, 0.5) is 5.69 Å². The molecule has 0 unspecified atom stereocenters. The van der Waals surface area contributed by atoms with Crippen LogP contribution in [-0.4, -0.2) is 19.6 Å². The van der Waals surface area contributed by atoms with E-state index >= 15 is 0 Å². The first-order valence-corrected chi connectivity index (χ1v) is 5.80. The summed E-state index contributed by atoms with van der Waals surface area (Å²) in [6, 6.07) is 7.38. The van der Waals surface area contributed by atoms with Gasteiger partial charge in [-0.1, -0.05) is 18.5 Å². The predicted octanol–water partition coefficient (Wildman–Crippen LogP) is 2.62. The Kier molecular flexibility index (Phi) is 5.69. The van der Waals surface area contributed by atoms with Crippen LogP contribution in [0, 0.1) is 11.3 Å². The summed E-state index contributed by atoms with van der Waals surface area (Å²) in [5, 5.41) is 16.0. The molecule has 0 amide bonds. The summed E-state index contributed by atoms with van der Waals surface area (Å²) in [6.07, 6.45) is 1.02. The van der Waals surface area contributed by atoms with E-state index in [1.807, 2.05) is 0 Å².